The Bertz CT molecular complexity index is 1330. The number of aromatic nitrogens is 3. The van der Waals surface area contributed by atoms with Crippen LogP contribution in [0, 0.1) is 6.92 Å². The largest absolute Gasteiger partial charge is 0.437 e. The van der Waals surface area contributed by atoms with Crippen LogP contribution in [0.3, 0.4) is 0 Å². The first-order chi connectivity index (χ1) is 13.3. The second-order valence-corrected chi connectivity index (χ2v) is 10.0. The summed E-state index contributed by atoms with van der Waals surface area (Å²) in [6.07, 6.45) is 6.37. The van der Waals surface area contributed by atoms with Gasteiger partial charge >= 0.3 is 0 Å². The van der Waals surface area contributed by atoms with Gasteiger partial charge in [-0.2, -0.15) is 0 Å². The number of thiophene rings is 2. The Morgan fingerprint density at radius 3 is 3.00 bits per heavy atom. The van der Waals surface area contributed by atoms with Gasteiger partial charge in [-0.1, -0.05) is 0 Å². The Morgan fingerprint density at radius 1 is 1.11 bits per heavy atom. The molecule has 4 aromatic heterocycles. The summed E-state index contributed by atoms with van der Waals surface area (Å²) in [5, 5.41) is 5.40. The summed E-state index contributed by atoms with van der Waals surface area (Å²) in [4.78, 5) is 16.2. The van der Waals surface area contributed by atoms with Gasteiger partial charge in [-0.15, -0.1) is 34.0 Å². The minimum Gasteiger partial charge on any atom is -0.437 e. The second-order valence-electron chi connectivity index (χ2n) is 6.79. The zero-order chi connectivity index (χ0) is 18.0. The van der Waals surface area contributed by atoms with E-state index in [1.54, 1.807) is 40.3 Å². The number of nitrogens with zero attached hydrogens (tertiary/aromatic N) is 3. The molecule has 6 rings (SSSR count). The highest BCUT2D eigenvalue weighted by atomic mass is 32.1. The molecule has 134 valence electrons. The predicted molar refractivity (Wildman–Crippen MR) is 114 cm³/mol. The molecule has 1 aromatic carbocycles. The fourth-order valence-electron chi connectivity index (χ4n) is 3.91. The third kappa shape index (κ3) is 2.42. The van der Waals surface area contributed by atoms with Crippen molar-refractivity contribution in [2.45, 2.75) is 32.6 Å². The van der Waals surface area contributed by atoms with Crippen LogP contribution in [0.5, 0.6) is 11.6 Å². The van der Waals surface area contributed by atoms with Crippen LogP contribution in [-0.2, 0) is 12.8 Å². The molecule has 0 amide bonds. The lowest BCUT2D eigenvalue weighted by molar-refractivity contribution is 0.474. The number of ether oxygens (including phenoxy) is 1. The maximum atomic E-state index is 6.45. The van der Waals surface area contributed by atoms with Gasteiger partial charge in [0.25, 0.3) is 0 Å². The van der Waals surface area contributed by atoms with E-state index in [0.717, 1.165) is 49.4 Å². The molecule has 0 saturated heterocycles. The van der Waals surface area contributed by atoms with E-state index in [1.807, 2.05) is 0 Å². The van der Waals surface area contributed by atoms with Gasteiger partial charge in [0, 0.05) is 16.3 Å². The molecule has 0 bridgehead atoms. The topological polar surface area (TPSA) is 47.9 Å². The van der Waals surface area contributed by atoms with Gasteiger partial charge in [0.15, 0.2) is 0 Å². The number of hydrogen-bond acceptors (Lipinski definition) is 7. The molecule has 0 N–H and O–H groups in total. The summed E-state index contributed by atoms with van der Waals surface area (Å²) >= 11 is 5.22. The lowest BCUT2D eigenvalue weighted by Gasteiger charge is -2.12. The maximum Gasteiger partial charge on any atom is 0.231 e. The SMILES string of the molecule is Cc1nc2c(cc(Oc3ncnc4sc5c(c34)CCCC5)c3ccsc32)s1. The van der Waals surface area contributed by atoms with Crippen molar-refractivity contribution in [3.05, 3.63) is 39.3 Å². The second kappa shape index (κ2) is 5.95. The highest BCUT2D eigenvalue weighted by Gasteiger charge is 2.22. The van der Waals surface area contributed by atoms with Gasteiger partial charge in [-0.05, 0) is 49.6 Å². The van der Waals surface area contributed by atoms with E-state index < -0.39 is 0 Å². The fourth-order valence-corrected chi connectivity index (χ4v) is 6.97. The third-order valence-electron chi connectivity index (χ3n) is 5.09. The molecular formula is C20H15N3OS3. The van der Waals surface area contributed by atoms with Crippen LogP contribution >= 0.6 is 34.0 Å². The van der Waals surface area contributed by atoms with Crippen LogP contribution in [0.15, 0.2) is 23.8 Å². The third-order valence-corrected chi connectivity index (χ3v) is 8.13. The Hall–Kier alpha value is -2.09. The minimum absolute atomic E-state index is 0.687. The monoisotopic (exact) mass is 409 g/mol. The molecule has 1 aliphatic carbocycles. The molecule has 7 heteroatoms. The van der Waals surface area contributed by atoms with Crippen molar-refractivity contribution in [3.63, 3.8) is 0 Å². The van der Waals surface area contributed by atoms with Gasteiger partial charge in [0.05, 0.1) is 25.3 Å². The number of hydrogen-bond donors (Lipinski definition) is 0. The average molecular weight is 410 g/mol. The van der Waals surface area contributed by atoms with Crippen LogP contribution < -0.4 is 4.74 Å². The smallest absolute Gasteiger partial charge is 0.231 e. The van der Waals surface area contributed by atoms with E-state index in [1.165, 1.54) is 28.0 Å². The zero-order valence-electron chi connectivity index (χ0n) is 14.6. The van der Waals surface area contributed by atoms with Crippen LogP contribution in [0.2, 0.25) is 0 Å². The lowest BCUT2D eigenvalue weighted by Crippen LogP contribution is -1.99. The Labute approximate surface area is 167 Å². The Kier molecular flexibility index (Phi) is 3.51. The molecule has 0 unspecified atom stereocenters. The highest BCUT2D eigenvalue weighted by Crippen LogP contribution is 2.43. The first kappa shape index (κ1) is 15.9. The van der Waals surface area contributed by atoms with Crippen molar-refractivity contribution in [1.29, 1.82) is 0 Å². The quantitative estimate of drug-likeness (QED) is 0.334. The molecule has 0 spiro atoms. The molecule has 1 aliphatic rings. The fraction of sp³-hybridized carbons (Fsp3) is 0.250. The van der Waals surface area contributed by atoms with E-state index in [2.05, 4.69) is 34.4 Å². The highest BCUT2D eigenvalue weighted by molar-refractivity contribution is 7.21. The molecule has 4 nitrogen and oxygen atoms in total. The van der Waals surface area contributed by atoms with E-state index in [4.69, 9.17) is 9.72 Å². The Morgan fingerprint density at radius 2 is 2.04 bits per heavy atom. The van der Waals surface area contributed by atoms with Gasteiger partial charge in [0.2, 0.25) is 5.88 Å². The number of fused-ring (bicyclic) bond motifs is 6. The summed E-state index contributed by atoms with van der Waals surface area (Å²) in [5.74, 6) is 1.55. The standard InChI is InChI=1S/C20H15N3OS3/c1-10-23-17-15(26-10)8-13(11-6-7-25-18(11)17)24-19-16-12-4-2-3-5-14(12)27-20(16)22-9-21-19/h6-9H,2-5H2,1H3. The Balaban J connectivity index is 1.57. The number of aryl methyl sites for hydroxylation is 3. The molecule has 27 heavy (non-hydrogen) atoms. The van der Waals surface area contributed by atoms with Crippen LogP contribution in [0.4, 0.5) is 0 Å². The van der Waals surface area contributed by atoms with Crippen molar-refractivity contribution in [2.75, 3.05) is 0 Å². The molecule has 5 aromatic rings. The zero-order valence-corrected chi connectivity index (χ0v) is 17.1. The number of thiazole rings is 1. The molecule has 0 saturated carbocycles. The summed E-state index contributed by atoms with van der Waals surface area (Å²) < 4.78 is 8.79. The van der Waals surface area contributed by atoms with Crippen molar-refractivity contribution >= 4 is 64.5 Å². The summed E-state index contributed by atoms with van der Waals surface area (Å²) in [7, 11) is 0. The summed E-state index contributed by atoms with van der Waals surface area (Å²) in [6, 6.07) is 4.23. The van der Waals surface area contributed by atoms with E-state index >= 15 is 0 Å². The average Bonchev–Trinajstić information content (AvgIpc) is 3.37. The molecule has 0 radical (unpaired) electrons. The van der Waals surface area contributed by atoms with Gasteiger partial charge < -0.3 is 4.74 Å². The van der Waals surface area contributed by atoms with Crippen LogP contribution in [-0.4, -0.2) is 15.0 Å². The van der Waals surface area contributed by atoms with Crippen molar-refractivity contribution in [3.8, 4) is 11.6 Å². The minimum atomic E-state index is 0.687. The predicted octanol–water partition coefficient (Wildman–Crippen LogP) is 6.50. The lowest BCUT2D eigenvalue weighted by atomic mass is 9.97. The van der Waals surface area contributed by atoms with Crippen molar-refractivity contribution < 1.29 is 4.74 Å². The molecule has 4 heterocycles. The van der Waals surface area contributed by atoms with Gasteiger partial charge in [-0.3, -0.25) is 0 Å². The van der Waals surface area contributed by atoms with Crippen LogP contribution in [0.1, 0.15) is 28.3 Å². The van der Waals surface area contributed by atoms with E-state index in [0.29, 0.717) is 5.88 Å². The summed E-state index contributed by atoms with van der Waals surface area (Å²) in [5.41, 5.74) is 2.48. The van der Waals surface area contributed by atoms with Crippen LogP contribution in [0.25, 0.3) is 30.5 Å². The molecular weight excluding hydrogens is 394 g/mol. The summed E-state index contributed by atoms with van der Waals surface area (Å²) in [6.45, 7) is 2.05. The molecule has 0 aliphatic heterocycles. The first-order valence-corrected chi connectivity index (χ1v) is 11.5. The van der Waals surface area contributed by atoms with Crippen molar-refractivity contribution in [2.24, 2.45) is 0 Å². The van der Waals surface area contributed by atoms with Gasteiger partial charge in [0.1, 0.15) is 16.9 Å². The maximum absolute atomic E-state index is 6.45. The van der Waals surface area contributed by atoms with Gasteiger partial charge in [-0.25, -0.2) is 15.0 Å². The number of benzene rings is 1. The van der Waals surface area contributed by atoms with E-state index in [9.17, 15) is 0 Å². The van der Waals surface area contributed by atoms with Crippen molar-refractivity contribution in [1.82, 2.24) is 15.0 Å². The normalized spacial score (nSPS) is 14.3. The molecule has 0 atom stereocenters. The molecule has 0 fully saturated rings. The van der Waals surface area contributed by atoms with E-state index in [-0.39, 0.29) is 0 Å². The first-order valence-electron chi connectivity index (χ1n) is 8.98. The number of rotatable bonds is 2.